The summed E-state index contributed by atoms with van der Waals surface area (Å²) in [6.45, 7) is 2.08. The fourth-order valence-corrected chi connectivity index (χ4v) is 3.19. The Labute approximate surface area is 167 Å². The van der Waals surface area contributed by atoms with Gasteiger partial charge in [-0.2, -0.15) is 5.10 Å². The zero-order valence-electron chi connectivity index (χ0n) is 15.9. The first-order chi connectivity index (χ1) is 14.0. The van der Waals surface area contributed by atoms with E-state index in [1.165, 1.54) is 17.1 Å². The fourth-order valence-electron chi connectivity index (χ4n) is 3.19. The number of carbonyl (C=O) groups is 2. The Kier molecular flexibility index (Phi) is 5.03. The lowest BCUT2D eigenvalue weighted by Crippen LogP contribution is -2.36. The van der Waals surface area contributed by atoms with Crippen molar-refractivity contribution in [3.05, 3.63) is 71.7 Å². The second-order valence-electron chi connectivity index (χ2n) is 6.91. The first-order valence-corrected chi connectivity index (χ1v) is 9.29. The molecular formula is C22H19FN4O2. The van der Waals surface area contributed by atoms with Crippen LogP contribution >= 0.6 is 0 Å². The van der Waals surface area contributed by atoms with Crippen LogP contribution in [-0.2, 0) is 16.1 Å². The molecule has 2 amide bonds. The highest BCUT2D eigenvalue weighted by atomic mass is 19.1. The zero-order chi connectivity index (χ0) is 20.4. The van der Waals surface area contributed by atoms with Gasteiger partial charge in [0.2, 0.25) is 5.91 Å². The molecular weight excluding hydrogens is 371 g/mol. The van der Waals surface area contributed by atoms with Gasteiger partial charge in [-0.15, -0.1) is 0 Å². The molecule has 146 valence electrons. The molecule has 0 fully saturated rings. The predicted molar refractivity (Wildman–Crippen MR) is 109 cm³/mol. The highest BCUT2D eigenvalue weighted by molar-refractivity contribution is 6.44. The summed E-state index contributed by atoms with van der Waals surface area (Å²) in [7, 11) is 0. The number of amides is 2. The van der Waals surface area contributed by atoms with Crippen molar-refractivity contribution in [3.63, 3.8) is 0 Å². The van der Waals surface area contributed by atoms with Gasteiger partial charge >= 0.3 is 0 Å². The van der Waals surface area contributed by atoms with Gasteiger partial charge in [-0.25, -0.2) is 9.40 Å². The molecule has 0 bridgehead atoms. The van der Waals surface area contributed by atoms with Crippen LogP contribution in [0.3, 0.4) is 0 Å². The maximum Gasteiger partial charge on any atom is 0.271 e. The molecule has 3 aromatic rings. The lowest BCUT2D eigenvalue weighted by atomic mass is 10.1. The standard InChI is InChI=1S/C22H19FN4O2/c1-14-5-8-16-3-2-4-18(21(16)24-14)25-22(29)19-11-12-20(28)27(26-19)13-15-6-9-17(23)10-7-15/h2-10H,11-13H2,1H3,(H,25,29). The molecule has 4 rings (SSSR count). The minimum atomic E-state index is -0.364. The molecule has 0 aliphatic carbocycles. The van der Waals surface area contributed by atoms with Crippen LogP contribution in [0.5, 0.6) is 0 Å². The van der Waals surface area contributed by atoms with Gasteiger partial charge in [-0.3, -0.25) is 14.6 Å². The number of nitrogens with zero attached hydrogens (tertiary/aromatic N) is 3. The second kappa shape index (κ2) is 7.79. The molecule has 0 spiro atoms. The third-order valence-electron chi connectivity index (χ3n) is 4.72. The number of anilines is 1. The number of rotatable bonds is 4. The van der Waals surface area contributed by atoms with Crippen molar-refractivity contribution in [3.8, 4) is 0 Å². The van der Waals surface area contributed by atoms with Crippen LogP contribution in [0.15, 0.2) is 59.7 Å². The molecule has 29 heavy (non-hydrogen) atoms. The number of aromatic nitrogens is 1. The normalized spacial score (nSPS) is 14.1. The second-order valence-corrected chi connectivity index (χ2v) is 6.91. The molecule has 0 saturated carbocycles. The van der Waals surface area contributed by atoms with E-state index in [9.17, 15) is 14.0 Å². The summed E-state index contributed by atoms with van der Waals surface area (Å²) >= 11 is 0. The quantitative estimate of drug-likeness (QED) is 0.736. The SMILES string of the molecule is Cc1ccc2cccc(NC(=O)C3=NN(Cc4ccc(F)cc4)C(=O)CC3)c2n1. The maximum atomic E-state index is 13.1. The number of benzene rings is 2. The van der Waals surface area contributed by atoms with E-state index in [0.29, 0.717) is 11.2 Å². The molecule has 0 radical (unpaired) electrons. The van der Waals surface area contributed by atoms with Gasteiger partial charge in [0.15, 0.2) is 0 Å². The van der Waals surface area contributed by atoms with Gasteiger partial charge in [0, 0.05) is 23.9 Å². The zero-order valence-corrected chi connectivity index (χ0v) is 15.9. The summed E-state index contributed by atoms with van der Waals surface area (Å²) in [6, 6.07) is 15.3. The number of aryl methyl sites for hydroxylation is 1. The maximum absolute atomic E-state index is 13.1. The van der Waals surface area contributed by atoms with Crippen molar-refractivity contribution in [1.82, 2.24) is 9.99 Å². The van der Waals surface area contributed by atoms with Gasteiger partial charge in [0.1, 0.15) is 11.5 Å². The number of hydrazone groups is 1. The third-order valence-corrected chi connectivity index (χ3v) is 4.72. The first kappa shape index (κ1) is 18.7. The number of hydrogen-bond acceptors (Lipinski definition) is 4. The Morgan fingerprint density at radius 1 is 1.10 bits per heavy atom. The van der Waals surface area contributed by atoms with E-state index in [1.54, 1.807) is 18.2 Å². The van der Waals surface area contributed by atoms with Crippen LogP contribution in [0, 0.1) is 12.7 Å². The van der Waals surface area contributed by atoms with E-state index in [4.69, 9.17) is 0 Å². The number of hydrogen-bond donors (Lipinski definition) is 1. The summed E-state index contributed by atoms with van der Waals surface area (Å²) in [4.78, 5) is 29.5. The minimum absolute atomic E-state index is 0.173. The average Bonchev–Trinajstić information content (AvgIpc) is 2.71. The van der Waals surface area contributed by atoms with Crippen LogP contribution in [0.4, 0.5) is 10.1 Å². The Balaban J connectivity index is 1.56. The Hall–Kier alpha value is -3.61. The van der Waals surface area contributed by atoms with Crippen LogP contribution in [0.1, 0.15) is 24.1 Å². The van der Waals surface area contributed by atoms with E-state index in [-0.39, 0.29) is 42.7 Å². The van der Waals surface area contributed by atoms with E-state index < -0.39 is 0 Å². The van der Waals surface area contributed by atoms with E-state index in [0.717, 1.165) is 16.6 Å². The number of halogens is 1. The fraction of sp³-hybridized carbons (Fsp3) is 0.182. The van der Waals surface area contributed by atoms with Gasteiger partial charge in [0.05, 0.1) is 17.7 Å². The van der Waals surface area contributed by atoms with Crippen LogP contribution in [0.2, 0.25) is 0 Å². The lowest BCUT2D eigenvalue weighted by molar-refractivity contribution is -0.132. The highest BCUT2D eigenvalue weighted by Gasteiger charge is 2.25. The number of carbonyl (C=O) groups excluding carboxylic acids is 2. The largest absolute Gasteiger partial charge is 0.319 e. The number of pyridine rings is 1. The molecule has 2 aromatic carbocycles. The molecule has 0 unspecified atom stereocenters. The molecule has 2 heterocycles. The third kappa shape index (κ3) is 4.13. The van der Waals surface area contributed by atoms with Crippen LogP contribution < -0.4 is 5.32 Å². The van der Waals surface area contributed by atoms with Gasteiger partial charge < -0.3 is 5.32 Å². The Morgan fingerprint density at radius 2 is 1.90 bits per heavy atom. The first-order valence-electron chi connectivity index (χ1n) is 9.29. The monoisotopic (exact) mass is 390 g/mol. The van der Waals surface area contributed by atoms with Crippen molar-refractivity contribution in [2.24, 2.45) is 5.10 Å². The summed E-state index contributed by atoms with van der Waals surface area (Å²) in [5.41, 5.74) is 3.16. The van der Waals surface area contributed by atoms with Crippen molar-refractivity contribution in [1.29, 1.82) is 0 Å². The van der Waals surface area contributed by atoms with Gasteiger partial charge in [-0.1, -0.05) is 30.3 Å². The molecule has 0 atom stereocenters. The number of nitrogens with one attached hydrogen (secondary N) is 1. The number of fused-ring (bicyclic) bond motifs is 1. The van der Waals surface area contributed by atoms with Crippen molar-refractivity contribution < 1.29 is 14.0 Å². The van der Waals surface area contributed by atoms with E-state index in [1.807, 2.05) is 31.2 Å². The topological polar surface area (TPSA) is 74.7 Å². The Bertz CT molecular complexity index is 1130. The average molecular weight is 390 g/mol. The lowest BCUT2D eigenvalue weighted by Gasteiger charge is -2.23. The Morgan fingerprint density at radius 3 is 2.69 bits per heavy atom. The van der Waals surface area contributed by atoms with Crippen LogP contribution in [-0.4, -0.2) is 27.5 Å². The number of para-hydroxylation sites is 1. The van der Waals surface area contributed by atoms with E-state index in [2.05, 4.69) is 15.4 Å². The predicted octanol–water partition coefficient (Wildman–Crippen LogP) is 3.80. The molecule has 6 nitrogen and oxygen atoms in total. The minimum Gasteiger partial charge on any atom is -0.319 e. The summed E-state index contributed by atoms with van der Waals surface area (Å²) < 4.78 is 13.1. The highest BCUT2D eigenvalue weighted by Crippen LogP contribution is 2.22. The summed E-state index contributed by atoms with van der Waals surface area (Å²) in [5, 5.41) is 9.30. The van der Waals surface area contributed by atoms with Gasteiger partial charge in [0.25, 0.3) is 5.91 Å². The smallest absolute Gasteiger partial charge is 0.271 e. The van der Waals surface area contributed by atoms with Gasteiger partial charge in [-0.05, 0) is 36.8 Å². The molecule has 1 aliphatic rings. The molecule has 1 aromatic heterocycles. The van der Waals surface area contributed by atoms with E-state index >= 15 is 0 Å². The van der Waals surface area contributed by atoms with Crippen molar-refractivity contribution >= 4 is 34.1 Å². The summed E-state index contributed by atoms with van der Waals surface area (Å²) in [5.74, 6) is -0.882. The van der Waals surface area contributed by atoms with Crippen molar-refractivity contribution in [2.75, 3.05) is 5.32 Å². The molecule has 0 saturated heterocycles. The van der Waals surface area contributed by atoms with Crippen LogP contribution in [0.25, 0.3) is 10.9 Å². The summed E-state index contributed by atoms with van der Waals surface area (Å²) in [6.07, 6.45) is 0.460. The van der Waals surface area contributed by atoms with Crippen molar-refractivity contribution in [2.45, 2.75) is 26.3 Å². The molecule has 1 aliphatic heterocycles. The molecule has 1 N–H and O–H groups in total. The molecule has 7 heteroatoms.